The molecule has 150 valence electrons. The van der Waals surface area contributed by atoms with E-state index in [0.717, 1.165) is 24.5 Å². The first-order chi connectivity index (χ1) is 14.3. The predicted molar refractivity (Wildman–Crippen MR) is 118 cm³/mol. The van der Waals surface area contributed by atoms with Gasteiger partial charge in [-0.2, -0.15) is 0 Å². The molecule has 1 N–H and O–H groups in total. The molecular formula is C23H25N3O2S. The quantitative estimate of drug-likeness (QED) is 0.598. The lowest BCUT2D eigenvalue weighted by molar-refractivity contribution is 0.102. The van der Waals surface area contributed by atoms with Crippen molar-refractivity contribution in [2.45, 2.75) is 32.3 Å². The third-order valence-electron chi connectivity index (χ3n) is 5.06. The lowest BCUT2D eigenvalue weighted by Crippen LogP contribution is -2.23. The molecule has 0 bridgehead atoms. The monoisotopic (exact) mass is 407 g/mol. The Labute approximate surface area is 175 Å². The number of thiazole rings is 1. The Balaban J connectivity index is 1.36. The number of carbonyl (C=O) groups is 1. The number of rotatable bonds is 6. The molecule has 2 aromatic carbocycles. The van der Waals surface area contributed by atoms with Crippen LogP contribution < -0.4 is 15.0 Å². The lowest BCUT2D eigenvalue weighted by Gasteiger charge is -2.22. The van der Waals surface area contributed by atoms with Gasteiger partial charge in [0.05, 0.1) is 11.2 Å². The summed E-state index contributed by atoms with van der Waals surface area (Å²) in [6.07, 6.45) is 5.13. The third kappa shape index (κ3) is 5.35. The Morgan fingerprint density at radius 3 is 2.59 bits per heavy atom. The van der Waals surface area contributed by atoms with E-state index in [1.54, 1.807) is 17.6 Å². The number of nitrogens with zero attached hydrogens (tertiary/aromatic N) is 2. The Morgan fingerprint density at radius 2 is 1.86 bits per heavy atom. The number of nitrogens with one attached hydrogen (secondary N) is 1. The fourth-order valence-corrected chi connectivity index (χ4v) is 4.02. The molecule has 0 saturated carbocycles. The van der Waals surface area contributed by atoms with Gasteiger partial charge in [0.2, 0.25) is 0 Å². The average Bonchev–Trinajstić information content (AvgIpc) is 3.13. The van der Waals surface area contributed by atoms with E-state index in [-0.39, 0.29) is 5.91 Å². The molecule has 0 atom stereocenters. The molecule has 4 rings (SSSR count). The fraction of sp³-hybridized carbons (Fsp3) is 0.304. The van der Waals surface area contributed by atoms with Crippen molar-refractivity contribution in [2.75, 3.05) is 23.3 Å². The van der Waals surface area contributed by atoms with E-state index < -0.39 is 0 Å². The normalized spacial score (nSPS) is 14.3. The van der Waals surface area contributed by atoms with E-state index in [9.17, 15) is 4.79 Å². The molecule has 3 aromatic rings. The molecule has 1 aliphatic rings. The van der Waals surface area contributed by atoms with Crippen LogP contribution in [0.5, 0.6) is 5.75 Å². The SMILES string of the molecule is O=C(Nc1ccc(N2CCCCCC2)cc1)c1cccc(OCc2cscn2)c1. The minimum atomic E-state index is -0.147. The molecule has 29 heavy (non-hydrogen) atoms. The molecule has 0 spiro atoms. The molecule has 1 saturated heterocycles. The first-order valence-electron chi connectivity index (χ1n) is 10.0. The minimum absolute atomic E-state index is 0.147. The number of amides is 1. The Hall–Kier alpha value is -2.86. The summed E-state index contributed by atoms with van der Waals surface area (Å²) >= 11 is 1.54. The fourth-order valence-electron chi connectivity index (χ4n) is 3.48. The zero-order chi connectivity index (χ0) is 19.9. The van der Waals surface area contributed by atoms with Gasteiger partial charge in [0.25, 0.3) is 5.91 Å². The van der Waals surface area contributed by atoms with Crippen LogP contribution in [0.15, 0.2) is 59.4 Å². The van der Waals surface area contributed by atoms with Crippen molar-refractivity contribution in [3.63, 3.8) is 0 Å². The van der Waals surface area contributed by atoms with Crippen LogP contribution in [0, 0.1) is 0 Å². The summed E-state index contributed by atoms with van der Waals surface area (Å²) < 4.78 is 5.74. The number of carbonyl (C=O) groups excluding carboxylic acids is 1. The number of ether oxygens (including phenoxy) is 1. The lowest BCUT2D eigenvalue weighted by atomic mass is 10.2. The van der Waals surface area contributed by atoms with Gasteiger partial charge >= 0.3 is 0 Å². The summed E-state index contributed by atoms with van der Waals surface area (Å²) in [6, 6.07) is 15.3. The maximum atomic E-state index is 12.6. The number of hydrogen-bond donors (Lipinski definition) is 1. The average molecular weight is 408 g/mol. The van der Waals surface area contributed by atoms with Crippen molar-refractivity contribution >= 4 is 28.6 Å². The maximum absolute atomic E-state index is 12.6. The first-order valence-corrected chi connectivity index (χ1v) is 11.0. The maximum Gasteiger partial charge on any atom is 0.255 e. The molecule has 1 aliphatic heterocycles. The number of benzene rings is 2. The summed E-state index contributed by atoms with van der Waals surface area (Å²) in [5.41, 5.74) is 5.25. The highest BCUT2D eigenvalue weighted by atomic mass is 32.1. The first kappa shape index (κ1) is 19.5. The molecular weight excluding hydrogens is 382 g/mol. The highest BCUT2D eigenvalue weighted by molar-refractivity contribution is 7.07. The molecule has 0 radical (unpaired) electrons. The van der Waals surface area contributed by atoms with E-state index in [0.29, 0.717) is 17.9 Å². The largest absolute Gasteiger partial charge is 0.487 e. The van der Waals surface area contributed by atoms with E-state index in [4.69, 9.17) is 4.74 Å². The zero-order valence-electron chi connectivity index (χ0n) is 16.3. The van der Waals surface area contributed by atoms with Crippen molar-refractivity contribution in [3.8, 4) is 5.75 Å². The number of hydrogen-bond acceptors (Lipinski definition) is 5. The van der Waals surface area contributed by atoms with Crippen LogP contribution >= 0.6 is 11.3 Å². The van der Waals surface area contributed by atoms with Crippen molar-refractivity contribution in [1.82, 2.24) is 4.98 Å². The van der Waals surface area contributed by atoms with Crippen LogP contribution in [-0.4, -0.2) is 24.0 Å². The van der Waals surface area contributed by atoms with Gasteiger partial charge in [0.15, 0.2) is 0 Å². The van der Waals surface area contributed by atoms with Crippen LogP contribution in [0.3, 0.4) is 0 Å². The van der Waals surface area contributed by atoms with Gasteiger partial charge in [-0.1, -0.05) is 18.9 Å². The van der Waals surface area contributed by atoms with Gasteiger partial charge in [0, 0.05) is 35.4 Å². The highest BCUT2D eigenvalue weighted by Gasteiger charge is 2.11. The van der Waals surface area contributed by atoms with E-state index >= 15 is 0 Å². The summed E-state index contributed by atoms with van der Waals surface area (Å²) in [5, 5.41) is 4.92. The molecule has 0 unspecified atom stereocenters. The predicted octanol–water partition coefficient (Wildman–Crippen LogP) is 5.35. The van der Waals surface area contributed by atoms with Crippen LogP contribution in [0.4, 0.5) is 11.4 Å². The van der Waals surface area contributed by atoms with Crippen molar-refractivity contribution in [3.05, 3.63) is 70.7 Å². The zero-order valence-corrected chi connectivity index (χ0v) is 17.2. The highest BCUT2D eigenvalue weighted by Crippen LogP contribution is 2.22. The second-order valence-corrected chi connectivity index (χ2v) is 7.92. The molecule has 0 aliphatic carbocycles. The number of anilines is 2. The van der Waals surface area contributed by atoms with Crippen molar-refractivity contribution < 1.29 is 9.53 Å². The van der Waals surface area contributed by atoms with Gasteiger partial charge in [-0.3, -0.25) is 4.79 Å². The second-order valence-electron chi connectivity index (χ2n) is 7.20. The van der Waals surface area contributed by atoms with Crippen LogP contribution in [-0.2, 0) is 6.61 Å². The topological polar surface area (TPSA) is 54.5 Å². The smallest absolute Gasteiger partial charge is 0.255 e. The minimum Gasteiger partial charge on any atom is -0.487 e. The molecule has 5 nitrogen and oxygen atoms in total. The van der Waals surface area contributed by atoms with Crippen LogP contribution in [0.2, 0.25) is 0 Å². The van der Waals surface area contributed by atoms with E-state index in [2.05, 4.69) is 27.3 Å². The molecule has 1 fully saturated rings. The summed E-state index contributed by atoms with van der Waals surface area (Å²) in [7, 11) is 0. The second kappa shape index (κ2) is 9.56. The molecule has 1 amide bonds. The Bertz CT molecular complexity index is 918. The van der Waals surface area contributed by atoms with Gasteiger partial charge in [-0.05, 0) is 55.3 Å². The van der Waals surface area contributed by atoms with Gasteiger partial charge in [0.1, 0.15) is 12.4 Å². The van der Waals surface area contributed by atoms with Gasteiger partial charge < -0.3 is 15.0 Å². The summed E-state index contributed by atoms with van der Waals surface area (Å²) in [4.78, 5) is 19.3. The Morgan fingerprint density at radius 1 is 1.07 bits per heavy atom. The standard InChI is InChI=1S/C23H25N3O2S/c27-23(18-6-5-7-22(14-18)28-15-20-16-29-17-24-20)25-19-8-10-21(11-9-19)26-12-3-1-2-4-13-26/h5-11,14,16-17H,1-4,12-13,15H2,(H,25,27). The third-order valence-corrected chi connectivity index (χ3v) is 5.70. The van der Waals surface area contributed by atoms with Crippen LogP contribution in [0.25, 0.3) is 0 Å². The summed E-state index contributed by atoms with van der Waals surface area (Å²) in [5.74, 6) is 0.508. The number of aromatic nitrogens is 1. The molecule has 6 heteroatoms. The van der Waals surface area contributed by atoms with Gasteiger partial charge in [-0.25, -0.2) is 4.98 Å². The van der Waals surface area contributed by atoms with Gasteiger partial charge in [-0.15, -0.1) is 11.3 Å². The van der Waals surface area contributed by atoms with E-state index in [1.807, 2.05) is 29.6 Å². The van der Waals surface area contributed by atoms with Crippen molar-refractivity contribution in [2.24, 2.45) is 0 Å². The molecule has 2 heterocycles. The van der Waals surface area contributed by atoms with Crippen LogP contribution in [0.1, 0.15) is 41.7 Å². The van der Waals surface area contributed by atoms with E-state index in [1.165, 1.54) is 42.7 Å². The molecule has 1 aromatic heterocycles. The summed E-state index contributed by atoms with van der Waals surface area (Å²) in [6.45, 7) is 2.62. The Kier molecular flexibility index (Phi) is 6.42. The van der Waals surface area contributed by atoms with Crippen molar-refractivity contribution in [1.29, 1.82) is 0 Å².